The van der Waals surface area contributed by atoms with Crippen molar-refractivity contribution in [3.63, 3.8) is 0 Å². The van der Waals surface area contributed by atoms with E-state index in [9.17, 15) is 8.78 Å². The van der Waals surface area contributed by atoms with E-state index in [-0.39, 0.29) is 18.5 Å². The molecule has 1 N–H and O–H groups in total. The fourth-order valence-electron chi connectivity index (χ4n) is 3.25. The molecule has 8 heteroatoms. The van der Waals surface area contributed by atoms with Crippen LogP contribution in [0, 0.1) is 5.82 Å². The lowest BCUT2D eigenvalue weighted by Gasteiger charge is -2.19. The van der Waals surface area contributed by atoms with Crippen LogP contribution < -0.4 is 10.1 Å². The lowest BCUT2D eigenvalue weighted by molar-refractivity contribution is 0.270. The van der Waals surface area contributed by atoms with Crippen LogP contribution in [0.25, 0.3) is 16.8 Å². The summed E-state index contributed by atoms with van der Waals surface area (Å²) in [7, 11) is 1.96. The van der Waals surface area contributed by atoms with Crippen molar-refractivity contribution < 1.29 is 13.5 Å². The molecule has 4 rings (SSSR count). The number of aromatic nitrogens is 4. The fraction of sp³-hybridized carbons (Fsp3) is 0.238. The number of aryl methyl sites for hydroxylation is 1. The maximum atomic E-state index is 13.8. The molecule has 3 aromatic heterocycles. The number of anilines is 1. The minimum Gasteiger partial charge on any atom is -0.490 e. The number of nitrogens with zero attached hydrogens (tertiary/aromatic N) is 4. The van der Waals surface area contributed by atoms with Gasteiger partial charge in [0.25, 0.3) is 0 Å². The van der Waals surface area contributed by atoms with Gasteiger partial charge in [0.1, 0.15) is 30.7 Å². The molecule has 4 aromatic rings. The highest BCUT2D eigenvalue weighted by Crippen LogP contribution is 2.29. The van der Waals surface area contributed by atoms with Gasteiger partial charge in [-0.1, -0.05) is 0 Å². The molecule has 0 fully saturated rings. The predicted molar refractivity (Wildman–Crippen MR) is 107 cm³/mol. The summed E-state index contributed by atoms with van der Waals surface area (Å²) in [6.45, 7) is 1.18. The Morgan fingerprint density at radius 2 is 2.07 bits per heavy atom. The number of hydrogen-bond donors (Lipinski definition) is 1. The molecule has 0 aliphatic carbocycles. The molecule has 0 spiro atoms. The summed E-state index contributed by atoms with van der Waals surface area (Å²) >= 11 is 0. The Hall–Kier alpha value is -3.42. The SMILES string of the molecule is C[C@@H](Nc1ccn2ncc(-c3ccn(C)c3)c2n1)c1cc(F)ccc1OCCF. The van der Waals surface area contributed by atoms with Crippen LogP contribution in [0.4, 0.5) is 14.6 Å². The standard InChI is InChI=1S/C21H21F2N5O/c1-14(17-11-16(23)3-4-19(17)29-10-7-22)25-20-6-9-28-21(26-20)18(12-24-28)15-5-8-27(2)13-15/h3-6,8-9,11-14H,7,10H2,1-2H3,(H,25,26)/t14-/m1/s1. The average Bonchev–Trinajstić information content (AvgIpc) is 3.32. The highest BCUT2D eigenvalue weighted by Gasteiger charge is 2.15. The Balaban J connectivity index is 1.63. The van der Waals surface area contributed by atoms with Crippen LogP contribution in [-0.4, -0.2) is 32.4 Å². The van der Waals surface area contributed by atoms with Crippen molar-refractivity contribution in [3.8, 4) is 16.9 Å². The second-order valence-corrected chi connectivity index (χ2v) is 6.79. The van der Waals surface area contributed by atoms with Gasteiger partial charge in [-0.2, -0.15) is 5.10 Å². The van der Waals surface area contributed by atoms with Gasteiger partial charge in [-0.25, -0.2) is 18.3 Å². The predicted octanol–water partition coefficient (Wildman–Crippen LogP) is 4.40. The first-order valence-corrected chi connectivity index (χ1v) is 9.26. The van der Waals surface area contributed by atoms with Crippen LogP contribution in [0.1, 0.15) is 18.5 Å². The maximum absolute atomic E-state index is 13.8. The van der Waals surface area contributed by atoms with Crippen LogP contribution in [0.15, 0.2) is 55.1 Å². The third-order valence-electron chi connectivity index (χ3n) is 4.65. The van der Waals surface area contributed by atoms with Gasteiger partial charge >= 0.3 is 0 Å². The first-order valence-electron chi connectivity index (χ1n) is 9.26. The Kier molecular flexibility index (Phi) is 5.16. The van der Waals surface area contributed by atoms with Gasteiger partial charge in [-0.05, 0) is 37.3 Å². The van der Waals surface area contributed by atoms with E-state index in [1.807, 2.05) is 43.2 Å². The van der Waals surface area contributed by atoms with Gasteiger partial charge in [0.05, 0.1) is 12.2 Å². The van der Waals surface area contributed by atoms with Crippen molar-refractivity contribution in [1.82, 2.24) is 19.2 Å². The minimum absolute atomic E-state index is 0.0776. The van der Waals surface area contributed by atoms with E-state index >= 15 is 0 Å². The van der Waals surface area contributed by atoms with Crippen LogP contribution in [0.3, 0.4) is 0 Å². The van der Waals surface area contributed by atoms with Crippen molar-refractivity contribution in [1.29, 1.82) is 0 Å². The van der Waals surface area contributed by atoms with Crippen LogP contribution >= 0.6 is 0 Å². The molecule has 6 nitrogen and oxygen atoms in total. The number of benzene rings is 1. The van der Waals surface area contributed by atoms with Crippen molar-refractivity contribution in [2.24, 2.45) is 7.05 Å². The number of fused-ring (bicyclic) bond motifs is 1. The van der Waals surface area contributed by atoms with Gasteiger partial charge < -0.3 is 14.6 Å². The van der Waals surface area contributed by atoms with Gasteiger partial charge in [0.2, 0.25) is 0 Å². The van der Waals surface area contributed by atoms with E-state index < -0.39 is 6.67 Å². The van der Waals surface area contributed by atoms with E-state index in [4.69, 9.17) is 4.74 Å². The molecule has 29 heavy (non-hydrogen) atoms. The summed E-state index contributed by atoms with van der Waals surface area (Å²) in [6.07, 6.45) is 7.56. The Bertz CT molecular complexity index is 1140. The number of ether oxygens (including phenoxy) is 1. The van der Waals surface area contributed by atoms with Gasteiger partial charge in [0.15, 0.2) is 5.65 Å². The molecule has 0 aliphatic rings. The van der Waals surface area contributed by atoms with Crippen LogP contribution in [-0.2, 0) is 7.05 Å². The largest absolute Gasteiger partial charge is 0.490 e. The Labute approximate surface area is 166 Å². The molecule has 0 aliphatic heterocycles. The molecular weight excluding hydrogens is 376 g/mol. The monoisotopic (exact) mass is 397 g/mol. The molecule has 0 bridgehead atoms. The lowest BCUT2D eigenvalue weighted by atomic mass is 10.1. The van der Waals surface area contributed by atoms with Gasteiger partial charge in [0, 0.05) is 42.3 Å². The number of halogens is 2. The van der Waals surface area contributed by atoms with E-state index in [2.05, 4.69) is 15.4 Å². The lowest BCUT2D eigenvalue weighted by Crippen LogP contribution is -2.11. The number of nitrogens with one attached hydrogen (secondary N) is 1. The highest BCUT2D eigenvalue weighted by atomic mass is 19.1. The second-order valence-electron chi connectivity index (χ2n) is 6.79. The molecule has 1 aromatic carbocycles. The topological polar surface area (TPSA) is 56.4 Å². The zero-order valence-corrected chi connectivity index (χ0v) is 16.1. The summed E-state index contributed by atoms with van der Waals surface area (Å²) in [5.41, 5.74) is 3.24. The maximum Gasteiger partial charge on any atom is 0.165 e. The summed E-state index contributed by atoms with van der Waals surface area (Å²) < 4.78 is 35.4. The first kappa shape index (κ1) is 18.9. The smallest absolute Gasteiger partial charge is 0.165 e. The summed E-state index contributed by atoms with van der Waals surface area (Å²) in [5, 5.41) is 7.62. The van der Waals surface area contributed by atoms with E-state index in [1.165, 1.54) is 18.2 Å². The molecule has 0 amide bonds. The Morgan fingerprint density at radius 3 is 2.83 bits per heavy atom. The molecule has 3 heterocycles. The van der Waals surface area contributed by atoms with Crippen LogP contribution in [0.2, 0.25) is 0 Å². The van der Waals surface area contributed by atoms with Crippen molar-refractivity contribution in [3.05, 3.63) is 66.5 Å². The molecule has 0 saturated carbocycles. The van der Waals surface area contributed by atoms with E-state index in [0.29, 0.717) is 22.8 Å². The average molecular weight is 397 g/mol. The molecule has 1 atom stereocenters. The zero-order chi connectivity index (χ0) is 20.4. The quantitative estimate of drug-likeness (QED) is 0.502. The molecular formula is C21H21F2N5O. The third kappa shape index (κ3) is 3.91. The normalized spacial score (nSPS) is 12.3. The molecule has 0 unspecified atom stereocenters. The van der Waals surface area contributed by atoms with Crippen LogP contribution in [0.5, 0.6) is 5.75 Å². The highest BCUT2D eigenvalue weighted by molar-refractivity contribution is 5.77. The zero-order valence-electron chi connectivity index (χ0n) is 16.1. The Morgan fingerprint density at radius 1 is 1.21 bits per heavy atom. The molecule has 150 valence electrons. The summed E-state index contributed by atoms with van der Waals surface area (Å²) in [6, 6.07) is 7.69. The second kappa shape index (κ2) is 7.90. The summed E-state index contributed by atoms with van der Waals surface area (Å²) in [5.74, 6) is 0.676. The number of alkyl halides is 1. The van der Waals surface area contributed by atoms with Crippen molar-refractivity contribution >= 4 is 11.5 Å². The van der Waals surface area contributed by atoms with Crippen molar-refractivity contribution in [2.75, 3.05) is 18.6 Å². The van der Waals surface area contributed by atoms with E-state index in [0.717, 1.165) is 11.1 Å². The number of hydrogen-bond acceptors (Lipinski definition) is 4. The summed E-state index contributed by atoms with van der Waals surface area (Å²) in [4.78, 5) is 4.69. The minimum atomic E-state index is -0.611. The molecule has 0 radical (unpaired) electrons. The first-order chi connectivity index (χ1) is 14.0. The molecule has 0 saturated heterocycles. The van der Waals surface area contributed by atoms with Crippen molar-refractivity contribution in [2.45, 2.75) is 13.0 Å². The van der Waals surface area contributed by atoms with E-state index in [1.54, 1.807) is 16.8 Å². The third-order valence-corrected chi connectivity index (χ3v) is 4.65. The fourth-order valence-corrected chi connectivity index (χ4v) is 3.25. The number of rotatable bonds is 7. The van der Waals surface area contributed by atoms with Gasteiger partial charge in [-0.3, -0.25) is 0 Å². The van der Waals surface area contributed by atoms with Gasteiger partial charge in [-0.15, -0.1) is 0 Å².